The quantitative estimate of drug-likeness (QED) is 0.202. The van der Waals surface area contributed by atoms with Crippen LogP contribution in [0.5, 0.6) is 0 Å². The maximum Gasteiger partial charge on any atom is -0.00259 e. The first kappa shape index (κ1) is 24.8. The summed E-state index contributed by atoms with van der Waals surface area (Å²) in [5, 5.41) is 5.17. The molecule has 0 heteroatoms. The molecule has 8 aromatic rings. The lowest BCUT2D eigenvalue weighted by molar-refractivity contribution is 1.57. The Morgan fingerprint density at radius 1 is 0.205 bits per heavy atom. The lowest BCUT2D eigenvalue weighted by atomic mass is 9.91. The summed E-state index contributed by atoms with van der Waals surface area (Å²) in [6.45, 7) is 0. The van der Waals surface area contributed by atoms with Crippen LogP contribution in [-0.2, 0) is 0 Å². The molecule has 0 atom stereocenters. The van der Waals surface area contributed by atoms with Crippen molar-refractivity contribution in [2.75, 3.05) is 0 Å². The maximum atomic E-state index is 2.38. The van der Waals surface area contributed by atoms with E-state index in [1.807, 2.05) is 0 Å². The highest BCUT2D eigenvalue weighted by Crippen LogP contribution is 2.48. The Bertz CT molecular complexity index is 2300. The van der Waals surface area contributed by atoms with E-state index in [0.717, 1.165) is 0 Å². The van der Waals surface area contributed by atoms with E-state index in [2.05, 4.69) is 170 Å². The van der Waals surface area contributed by atoms with Crippen molar-refractivity contribution in [3.8, 4) is 66.8 Å². The molecule has 0 heterocycles. The van der Waals surface area contributed by atoms with E-state index in [-0.39, 0.29) is 0 Å². The second-order valence-corrected chi connectivity index (χ2v) is 11.8. The molecule has 204 valence electrons. The molecule has 0 unspecified atom stereocenters. The van der Waals surface area contributed by atoms with Crippen LogP contribution in [0.1, 0.15) is 0 Å². The standard InChI is InChI=1S/C44H28/c1-3-10-29(11-4-1)36-25-37(30-12-5-2-6-13-30)27-38(26-36)33-20-18-32-23-34(21-19-31(32)22-33)39-24-35-14-9-17-42-40-15-7-8-16-41(40)43(28-39)44(35)42/h1-28H. The van der Waals surface area contributed by atoms with Crippen molar-refractivity contribution >= 4 is 21.5 Å². The highest BCUT2D eigenvalue weighted by Gasteiger charge is 2.21. The van der Waals surface area contributed by atoms with E-state index >= 15 is 0 Å². The van der Waals surface area contributed by atoms with Crippen LogP contribution in [0, 0.1) is 0 Å². The Morgan fingerprint density at radius 2 is 0.659 bits per heavy atom. The first-order valence-corrected chi connectivity index (χ1v) is 15.3. The number of benzene rings is 8. The molecule has 1 aliphatic rings. The smallest absolute Gasteiger partial charge is 0.00259 e. The van der Waals surface area contributed by atoms with E-state index in [1.54, 1.807) is 0 Å². The minimum Gasteiger partial charge on any atom is -0.0622 e. The van der Waals surface area contributed by atoms with Gasteiger partial charge in [-0.2, -0.15) is 0 Å². The lowest BCUT2D eigenvalue weighted by Crippen LogP contribution is -1.87. The Labute approximate surface area is 257 Å². The zero-order valence-corrected chi connectivity index (χ0v) is 24.2. The molecule has 0 N–H and O–H groups in total. The van der Waals surface area contributed by atoms with Crippen LogP contribution < -0.4 is 0 Å². The summed E-state index contributed by atoms with van der Waals surface area (Å²) >= 11 is 0. The van der Waals surface area contributed by atoms with Crippen molar-refractivity contribution in [3.05, 3.63) is 170 Å². The van der Waals surface area contributed by atoms with Gasteiger partial charge in [-0.1, -0.05) is 127 Å². The molecule has 1 aliphatic carbocycles. The maximum absolute atomic E-state index is 2.38. The van der Waals surface area contributed by atoms with Crippen LogP contribution in [0.3, 0.4) is 0 Å². The zero-order valence-electron chi connectivity index (χ0n) is 24.2. The average Bonchev–Trinajstić information content (AvgIpc) is 3.43. The first-order chi connectivity index (χ1) is 21.8. The number of fused-ring (bicyclic) bond motifs is 4. The third-order valence-corrected chi connectivity index (χ3v) is 9.14. The van der Waals surface area contributed by atoms with Gasteiger partial charge in [0.2, 0.25) is 0 Å². The molecule has 0 nitrogen and oxygen atoms in total. The van der Waals surface area contributed by atoms with Gasteiger partial charge in [0, 0.05) is 0 Å². The molecular weight excluding hydrogens is 528 g/mol. The van der Waals surface area contributed by atoms with Crippen LogP contribution >= 0.6 is 0 Å². The number of hydrogen-bond acceptors (Lipinski definition) is 0. The summed E-state index contributed by atoms with van der Waals surface area (Å²) in [5.41, 5.74) is 15.2. The molecule has 0 fully saturated rings. The molecule has 0 aromatic heterocycles. The van der Waals surface area contributed by atoms with Gasteiger partial charge in [0.25, 0.3) is 0 Å². The van der Waals surface area contributed by atoms with E-state index < -0.39 is 0 Å². The lowest BCUT2D eigenvalue weighted by Gasteiger charge is -2.13. The molecule has 9 rings (SSSR count). The van der Waals surface area contributed by atoms with Crippen LogP contribution in [-0.4, -0.2) is 0 Å². The van der Waals surface area contributed by atoms with Crippen molar-refractivity contribution in [3.63, 3.8) is 0 Å². The molecular formula is C44H28. The minimum absolute atomic E-state index is 1.23. The molecule has 0 spiro atoms. The molecule has 0 bridgehead atoms. The van der Waals surface area contributed by atoms with Gasteiger partial charge in [-0.25, -0.2) is 0 Å². The summed E-state index contributed by atoms with van der Waals surface area (Å²) in [6.07, 6.45) is 0. The van der Waals surface area contributed by atoms with Crippen molar-refractivity contribution in [2.45, 2.75) is 0 Å². The van der Waals surface area contributed by atoms with Crippen LogP contribution in [0.25, 0.3) is 88.3 Å². The minimum atomic E-state index is 1.23. The Kier molecular flexibility index (Phi) is 5.61. The normalized spacial score (nSPS) is 11.6. The zero-order chi connectivity index (χ0) is 29.0. The van der Waals surface area contributed by atoms with Crippen molar-refractivity contribution in [2.24, 2.45) is 0 Å². The van der Waals surface area contributed by atoms with Gasteiger partial charge in [-0.05, 0) is 131 Å². The van der Waals surface area contributed by atoms with Crippen molar-refractivity contribution in [1.82, 2.24) is 0 Å². The molecule has 0 aliphatic heterocycles. The van der Waals surface area contributed by atoms with E-state index in [4.69, 9.17) is 0 Å². The average molecular weight is 557 g/mol. The molecule has 0 saturated carbocycles. The van der Waals surface area contributed by atoms with Crippen molar-refractivity contribution < 1.29 is 0 Å². The molecule has 44 heavy (non-hydrogen) atoms. The second-order valence-electron chi connectivity index (χ2n) is 11.8. The monoisotopic (exact) mass is 556 g/mol. The third-order valence-electron chi connectivity index (χ3n) is 9.14. The number of hydrogen-bond donors (Lipinski definition) is 0. The van der Waals surface area contributed by atoms with Gasteiger partial charge in [0.15, 0.2) is 0 Å². The molecule has 0 amide bonds. The fraction of sp³-hybridized carbons (Fsp3) is 0. The van der Waals surface area contributed by atoms with Crippen LogP contribution in [0.15, 0.2) is 170 Å². The second kappa shape index (κ2) is 9.93. The summed E-state index contributed by atoms with van der Waals surface area (Å²) in [6, 6.07) is 62.3. The SMILES string of the molecule is c1ccc(-c2cc(-c3ccccc3)cc(-c3ccc4cc(-c5cc6c7c(cccc7c5)-c5ccccc5-6)ccc4c3)c2)cc1. The van der Waals surface area contributed by atoms with Crippen LogP contribution in [0.4, 0.5) is 0 Å². The molecule has 0 radical (unpaired) electrons. The highest BCUT2D eigenvalue weighted by atomic mass is 14.2. The van der Waals surface area contributed by atoms with E-state index in [1.165, 1.54) is 88.3 Å². The molecule has 0 saturated heterocycles. The summed E-state index contributed by atoms with van der Waals surface area (Å²) in [4.78, 5) is 0. The summed E-state index contributed by atoms with van der Waals surface area (Å²) in [5.74, 6) is 0. The van der Waals surface area contributed by atoms with Gasteiger partial charge in [0.1, 0.15) is 0 Å². The summed E-state index contributed by atoms with van der Waals surface area (Å²) in [7, 11) is 0. The van der Waals surface area contributed by atoms with Crippen molar-refractivity contribution in [1.29, 1.82) is 0 Å². The summed E-state index contributed by atoms with van der Waals surface area (Å²) < 4.78 is 0. The largest absolute Gasteiger partial charge is 0.0622 e. The van der Waals surface area contributed by atoms with Gasteiger partial charge in [-0.3, -0.25) is 0 Å². The Balaban J connectivity index is 1.14. The van der Waals surface area contributed by atoms with Gasteiger partial charge < -0.3 is 0 Å². The number of rotatable bonds is 4. The first-order valence-electron chi connectivity index (χ1n) is 15.3. The van der Waals surface area contributed by atoms with Crippen LogP contribution in [0.2, 0.25) is 0 Å². The fourth-order valence-corrected chi connectivity index (χ4v) is 6.98. The Morgan fingerprint density at radius 3 is 1.25 bits per heavy atom. The third kappa shape index (κ3) is 4.07. The van der Waals surface area contributed by atoms with Gasteiger partial charge in [0.05, 0.1) is 0 Å². The Hall–Kier alpha value is -5.72. The fourth-order valence-electron chi connectivity index (χ4n) is 6.98. The van der Waals surface area contributed by atoms with Gasteiger partial charge >= 0.3 is 0 Å². The predicted molar refractivity (Wildman–Crippen MR) is 188 cm³/mol. The van der Waals surface area contributed by atoms with Gasteiger partial charge in [-0.15, -0.1) is 0 Å². The van der Waals surface area contributed by atoms with E-state index in [0.29, 0.717) is 0 Å². The van der Waals surface area contributed by atoms with E-state index in [9.17, 15) is 0 Å². The molecule has 8 aromatic carbocycles. The topological polar surface area (TPSA) is 0 Å². The highest BCUT2D eigenvalue weighted by molar-refractivity contribution is 6.16. The predicted octanol–water partition coefficient (Wildman–Crippen LogP) is 12.3.